The minimum atomic E-state index is -3.42. The number of anilines is 2. The largest absolute Gasteiger partial charge is 0.489 e. The molecule has 10 heteroatoms. The molecule has 0 radical (unpaired) electrons. The highest BCUT2D eigenvalue weighted by molar-refractivity contribution is 8.15. The molecule has 3 aromatic rings. The van der Waals surface area contributed by atoms with Gasteiger partial charge >= 0.3 is 0 Å². The SMILES string of the molecule is O=C(Nc1ccc(OCc2ccccc2Cl)cc1)c1ccc2c(c1)SC1=NS(=O)(=O)CCN12. The molecule has 0 bridgehead atoms. The molecule has 168 valence electrons. The highest BCUT2D eigenvalue weighted by Gasteiger charge is 2.33. The first-order valence-electron chi connectivity index (χ1n) is 10.1. The van der Waals surface area contributed by atoms with Crippen LogP contribution in [-0.2, 0) is 16.6 Å². The maximum Gasteiger partial charge on any atom is 0.257 e. The molecule has 0 aliphatic carbocycles. The molecule has 2 aliphatic rings. The summed E-state index contributed by atoms with van der Waals surface area (Å²) in [5.41, 5.74) is 2.87. The van der Waals surface area contributed by atoms with E-state index in [1.54, 1.807) is 36.4 Å². The Morgan fingerprint density at radius 3 is 2.70 bits per heavy atom. The van der Waals surface area contributed by atoms with Gasteiger partial charge in [0.25, 0.3) is 15.9 Å². The van der Waals surface area contributed by atoms with Gasteiger partial charge in [0.1, 0.15) is 12.4 Å². The summed E-state index contributed by atoms with van der Waals surface area (Å²) < 4.78 is 33.1. The molecule has 3 aromatic carbocycles. The summed E-state index contributed by atoms with van der Waals surface area (Å²) in [6.45, 7) is 0.708. The number of carbonyl (C=O) groups is 1. The van der Waals surface area contributed by atoms with Gasteiger partial charge < -0.3 is 15.0 Å². The predicted molar refractivity (Wildman–Crippen MR) is 131 cm³/mol. The van der Waals surface area contributed by atoms with Gasteiger partial charge in [-0.2, -0.15) is 0 Å². The minimum absolute atomic E-state index is 0.0170. The van der Waals surface area contributed by atoms with Crippen molar-refractivity contribution in [1.29, 1.82) is 0 Å². The number of thioether (sulfide) groups is 1. The fourth-order valence-electron chi connectivity index (χ4n) is 3.49. The Bertz CT molecular complexity index is 1370. The monoisotopic (exact) mass is 499 g/mol. The topological polar surface area (TPSA) is 88.1 Å². The van der Waals surface area contributed by atoms with Crippen LogP contribution in [0.4, 0.5) is 11.4 Å². The summed E-state index contributed by atoms with van der Waals surface area (Å²) in [4.78, 5) is 15.4. The maximum atomic E-state index is 12.8. The van der Waals surface area contributed by atoms with Gasteiger partial charge in [-0.15, -0.1) is 4.40 Å². The summed E-state index contributed by atoms with van der Waals surface area (Å²) in [6.07, 6.45) is 0. The molecule has 0 aromatic heterocycles. The van der Waals surface area contributed by atoms with Gasteiger partial charge in [0.2, 0.25) is 0 Å². The van der Waals surface area contributed by atoms with Gasteiger partial charge in [0.05, 0.1) is 11.4 Å². The Hall–Kier alpha value is -3.01. The Labute approximate surface area is 200 Å². The van der Waals surface area contributed by atoms with E-state index in [9.17, 15) is 13.2 Å². The Morgan fingerprint density at radius 2 is 1.91 bits per heavy atom. The molecule has 33 heavy (non-hydrogen) atoms. The van der Waals surface area contributed by atoms with Crippen molar-refractivity contribution in [1.82, 2.24) is 0 Å². The third-order valence-corrected chi connectivity index (χ3v) is 7.87. The molecular weight excluding hydrogens is 482 g/mol. The van der Waals surface area contributed by atoms with Crippen LogP contribution >= 0.6 is 23.4 Å². The van der Waals surface area contributed by atoms with E-state index < -0.39 is 10.0 Å². The molecule has 1 N–H and O–H groups in total. The second-order valence-corrected chi connectivity index (χ2v) is 10.6. The minimum Gasteiger partial charge on any atom is -0.489 e. The molecule has 5 rings (SSSR count). The van der Waals surface area contributed by atoms with E-state index >= 15 is 0 Å². The number of benzene rings is 3. The van der Waals surface area contributed by atoms with Gasteiger partial charge in [0.15, 0.2) is 5.17 Å². The fourth-order valence-corrected chi connectivity index (χ4v) is 5.97. The number of fused-ring (bicyclic) bond motifs is 3. The van der Waals surface area contributed by atoms with Crippen molar-refractivity contribution < 1.29 is 17.9 Å². The van der Waals surface area contributed by atoms with Crippen molar-refractivity contribution in [2.45, 2.75) is 11.5 Å². The number of nitrogens with zero attached hydrogens (tertiary/aromatic N) is 2. The predicted octanol–water partition coefficient (Wildman–Crippen LogP) is 4.78. The van der Waals surface area contributed by atoms with Crippen LogP contribution in [0.1, 0.15) is 15.9 Å². The van der Waals surface area contributed by atoms with Crippen molar-refractivity contribution in [3.8, 4) is 5.75 Å². The standard InChI is InChI=1S/C23H18ClN3O4S2/c24-19-4-2-1-3-16(19)14-31-18-8-6-17(7-9-18)25-22(28)15-5-10-20-21(13-15)32-23-26-33(29,30)12-11-27(20)23/h1-10,13H,11-12,14H2,(H,25,28). The third kappa shape index (κ3) is 4.71. The van der Waals surface area contributed by atoms with Crippen molar-refractivity contribution in [2.75, 3.05) is 22.5 Å². The number of hydrogen-bond acceptors (Lipinski definition) is 6. The number of ether oxygens (including phenoxy) is 1. The van der Waals surface area contributed by atoms with E-state index in [0.29, 0.717) is 40.3 Å². The summed E-state index contributed by atoms with van der Waals surface area (Å²) in [5.74, 6) is 0.383. The smallest absolute Gasteiger partial charge is 0.257 e. The lowest BCUT2D eigenvalue weighted by atomic mass is 10.1. The number of sulfonamides is 1. The lowest BCUT2D eigenvalue weighted by Crippen LogP contribution is -2.35. The molecule has 1 amide bonds. The average Bonchev–Trinajstić information content (AvgIpc) is 3.15. The summed E-state index contributed by atoms with van der Waals surface area (Å²) in [7, 11) is -3.42. The zero-order chi connectivity index (χ0) is 23.0. The van der Waals surface area contributed by atoms with E-state index in [1.165, 1.54) is 11.8 Å². The number of carbonyl (C=O) groups excluding carboxylic acids is 1. The molecule has 2 aliphatic heterocycles. The fraction of sp³-hybridized carbons (Fsp3) is 0.130. The second kappa shape index (κ2) is 8.74. The van der Waals surface area contributed by atoms with Gasteiger partial charge in [0, 0.05) is 33.3 Å². The van der Waals surface area contributed by atoms with Crippen LogP contribution in [0, 0.1) is 0 Å². The van der Waals surface area contributed by atoms with Crippen molar-refractivity contribution in [3.05, 3.63) is 82.9 Å². The van der Waals surface area contributed by atoms with Gasteiger partial charge in [-0.05, 0) is 60.3 Å². The first-order valence-corrected chi connectivity index (χ1v) is 12.9. The van der Waals surface area contributed by atoms with Crippen LogP contribution in [-0.4, -0.2) is 31.8 Å². The average molecular weight is 500 g/mol. The molecule has 0 spiro atoms. The second-order valence-electron chi connectivity index (χ2n) is 7.45. The van der Waals surface area contributed by atoms with Crippen LogP contribution in [0.15, 0.2) is 76.0 Å². The Balaban J connectivity index is 1.24. The first-order chi connectivity index (χ1) is 15.9. The number of amidine groups is 1. The molecule has 2 heterocycles. The summed E-state index contributed by atoms with van der Waals surface area (Å²) in [5, 5.41) is 3.95. The molecular formula is C23H18ClN3O4S2. The maximum absolute atomic E-state index is 12.8. The van der Waals surface area contributed by atoms with E-state index in [2.05, 4.69) is 9.71 Å². The summed E-state index contributed by atoms with van der Waals surface area (Å²) >= 11 is 7.41. The first kappa shape index (κ1) is 21.8. The van der Waals surface area contributed by atoms with Gasteiger partial charge in [-0.3, -0.25) is 4.79 Å². The van der Waals surface area contributed by atoms with Crippen LogP contribution < -0.4 is 15.0 Å². The zero-order valence-electron chi connectivity index (χ0n) is 17.2. The molecule has 0 saturated heterocycles. The molecule has 0 unspecified atom stereocenters. The van der Waals surface area contributed by atoms with E-state index in [0.717, 1.165) is 16.1 Å². The molecule has 0 atom stereocenters. The third-order valence-electron chi connectivity index (χ3n) is 5.20. The lowest BCUT2D eigenvalue weighted by molar-refractivity contribution is 0.102. The van der Waals surface area contributed by atoms with E-state index in [1.807, 2.05) is 35.2 Å². The van der Waals surface area contributed by atoms with Crippen molar-refractivity contribution in [2.24, 2.45) is 4.40 Å². The van der Waals surface area contributed by atoms with Crippen LogP contribution in [0.25, 0.3) is 0 Å². The van der Waals surface area contributed by atoms with Crippen LogP contribution in [0.5, 0.6) is 5.75 Å². The van der Waals surface area contributed by atoms with E-state index in [4.69, 9.17) is 16.3 Å². The highest BCUT2D eigenvalue weighted by Crippen LogP contribution is 2.42. The van der Waals surface area contributed by atoms with Crippen molar-refractivity contribution >= 4 is 55.8 Å². The van der Waals surface area contributed by atoms with Gasteiger partial charge in [-0.1, -0.05) is 29.8 Å². The highest BCUT2D eigenvalue weighted by atomic mass is 35.5. The number of halogens is 1. The normalized spacial score (nSPS) is 15.9. The molecule has 0 saturated carbocycles. The van der Waals surface area contributed by atoms with Gasteiger partial charge in [-0.25, -0.2) is 8.42 Å². The molecule has 7 nitrogen and oxygen atoms in total. The molecule has 0 fully saturated rings. The number of rotatable bonds is 5. The Morgan fingerprint density at radius 1 is 1.12 bits per heavy atom. The number of hydrogen-bond donors (Lipinski definition) is 1. The number of amides is 1. The quantitative estimate of drug-likeness (QED) is 0.543. The van der Waals surface area contributed by atoms with Crippen LogP contribution in [0.2, 0.25) is 5.02 Å². The zero-order valence-corrected chi connectivity index (χ0v) is 19.6. The Kier molecular flexibility index (Phi) is 5.77. The summed E-state index contributed by atoms with van der Waals surface area (Å²) in [6, 6.07) is 19.9. The van der Waals surface area contributed by atoms with E-state index in [-0.39, 0.29) is 11.7 Å². The van der Waals surface area contributed by atoms with Crippen LogP contribution in [0.3, 0.4) is 0 Å². The number of nitrogens with one attached hydrogen (secondary N) is 1. The lowest BCUT2D eigenvalue weighted by Gasteiger charge is -2.22. The van der Waals surface area contributed by atoms with Crippen molar-refractivity contribution in [3.63, 3.8) is 0 Å².